The molecule has 0 spiro atoms. The van der Waals surface area contributed by atoms with E-state index in [1.165, 1.54) is 27.1 Å². The van der Waals surface area contributed by atoms with Crippen molar-refractivity contribution >= 4 is 21.5 Å². The van der Waals surface area contributed by atoms with Crippen molar-refractivity contribution < 1.29 is 0 Å². The van der Waals surface area contributed by atoms with Gasteiger partial charge in [0.2, 0.25) is 0 Å². The van der Waals surface area contributed by atoms with Crippen LogP contribution in [0.1, 0.15) is 18.0 Å². The zero-order valence-electron chi connectivity index (χ0n) is 10.8. The molecule has 0 heterocycles. The molecule has 0 saturated heterocycles. The van der Waals surface area contributed by atoms with Crippen molar-refractivity contribution in [1.29, 1.82) is 0 Å². The molecule has 0 bridgehead atoms. The third kappa shape index (κ3) is 2.09. The van der Waals surface area contributed by atoms with Crippen LogP contribution in [0.4, 0.5) is 0 Å². The van der Waals surface area contributed by atoms with Gasteiger partial charge in [-0.2, -0.15) is 0 Å². The van der Waals surface area contributed by atoms with Crippen molar-refractivity contribution in [2.75, 3.05) is 6.54 Å². The van der Waals surface area contributed by atoms with Gasteiger partial charge in [-0.05, 0) is 46.1 Å². The van der Waals surface area contributed by atoms with E-state index in [0.717, 1.165) is 6.42 Å². The molecule has 96 valence electrons. The average molecular weight is 250 g/mol. The minimum Gasteiger partial charge on any atom is -0.330 e. The maximum Gasteiger partial charge on any atom is 0.0313 e. The Morgan fingerprint density at radius 3 is 2.21 bits per heavy atom. The van der Waals surface area contributed by atoms with Crippen LogP contribution in [0.2, 0.25) is 0 Å². The fraction of sp³-hybridized carbons (Fsp3) is 0.176. The molecule has 0 radical (unpaired) electrons. The topological polar surface area (TPSA) is 52.0 Å². The van der Waals surface area contributed by atoms with Gasteiger partial charge in [0.15, 0.2) is 0 Å². The van der Waals surface area contributed by atoms with Crippen molar-refractivity contribution in [1.82, 2.24) is 0 Å². The summed E-state index contributed by atoms with van der Waals surface area (Å²) in [6, 6.07) is 19.1. The van der Waals surface area contributed by atoms with Crippen molar-refractivity contribution in [3.8, 4) is 0 Å². The Balaban J connectivity index is 2.35. The van der Waals surface area contributed by atoms with Gasteiger partial charge in [0.1, 0.15) is 0 Å². The highest BCUT2D eigenvalue weighted by atomic mass is 14.7. The summed E-state index contributed by atoms with van der Waals surface area (Å²) in [5.41, 5.74) is 13.1. The fourth-order valence-corrected chi connectivity index (χ4v) is 2.72. The predicted octanol–water partition coefficient (Wildman–Crippen LogP) is 3.34. The van der Waals surface area contributed by atoms with Gasteiger partial charge in [-0.1, -0.05) is 48.5 Å². The maximum atomic E-state index is 6.28. The summed E-state index contributed by atoms with van der Waals surface area (Å²) in [4.78, 5) is 0. The molecular formula is C17H18N2. The lowest BCUT2D eigenvalue weighted by atomic mass is 9.93. The molecule has 3 aromatic carbocycles. The quantitative estimate of drug-likeness (QED) is 0.700. The summed E-state index contributed by atoms with van der Waals surface area (Å²) < 4.78 is 0. The Labute approximate surface area is 113 Å². The molecule has 19 heavy (non-hydrogen) atoms. The maximum absolute atomic E-state index is 6.28. The molecule has 0 aliphatic carbocycles. The Morgan fingerprint density at radius 2 is 1.47 bits per heavy atom. The van der Waals surface area contributed by atoms with Gasteiger partial charge in [-0.15, -0.1) is 0 Å². The van der Waals surface area contributed by atoms with E-state index in [1.54, 1.807) is 0 Å². The standard InChI is InChI=1S/C17H18N2/c18-10-9-17(19)16-11-12-5-1-2-6-13(12)14-7-3-4-8-15(14)16/h1-8,11,17H,9-10,18-19H2/t17-/m1/s1. The fourth-order valence-electron chi connectivity index (χ4n) is 2.72. The van der Waals surface area contributed by atoms with Crippen LogP contribution in [0.15, 0.2) is 54.6 Å². The molecule has 3 aromatic rings. The molecule has 3 rings (SSSR count). The molecule has 4 N–H and O–H groups in total. The van der Waals surface area contributed by atoms with E-state index in [4.69, 9.17) is 11.5 Å². The first-order valence-electron chi connectivity index (χ1n) is 6.67. The molecule has 0 aliphatic heterocycles. The number of nitrogens with two attached hydrogens (primary N) is 2. The molecular weight excluding hydrogens is 232 g/mol. The van der Waals surface area contributed by atoms with Gasteiger partial charge >= 0.3 is 0 Å². The lowest BCUT2D eigenvalue weighted by Crippen LogP contribution is -2.15. The van der Waals surface area contributed by atoms with Gasteiger partial charge in [-0.25, -0.2) is 0 Å². The summed E-state index contributed by atoms with van der Waals surface area (Å²) >= 11 is 0. The summed E-state index contributed by atoms with van der Waals surface area (Å²) in [6.07, 6.45) is 0.808. The van der Waals surface area contributed by atoms with Gasteiger partial charge < -0.3 is 11.5 Å². The van der Waals surface area contributed by atoms with E-state index in [2.05, 4.69) is 54.6 Å². The summed E-state index contributed by atoms with van der Waals surface area (Å²) in [6.45, 7) is 0.613. The molecule has 0 amide bonds. The molecule has 0 unspecified atom stereocenters. The highest BCUT2D eigenvalue weighted by Gasteiger charge is 2.11. The Morgan fingerprint density at radius 1 is 0.842 bits per heavy atom. The Hall–Kier alpha value is -1.90. The first kappa shape index (κ1) is 12.2. The van der Waals surface area contributed by atoms with Crippen LogP contribution in [-0.2, 0) is 0 Å². The molecule has 0 saturated carbocycles. The Bertz CT molecular complexity index is 719. The van der Waals surface area contributed by atoms with E-state index in [9.17, 15) is 0 Å². The van der Waals surface area contributed by atoms with Crippen LogP contribution in [-0.4, -0.2) is 6.54 Å². The summed E-state index contributed by atoms with van der Waals surface area (Å²) in [7, 11) is 0. The van der Waals surface area contributed by atoms with E-state index in [-0.39, 0.29) is 6.04 Å². The molecule has 0 fully saturated rings. The molecule has 2 heteroatoms. The summed E-state index contributed by atoms with van der Waals surface area (Å²) in [5, 5.41) is 5.02. The zero-order valence-corrected chi connectivity index (χ0v) is 10.8. The first-order valence-corrected chi connectivity index (χ1v) is 6.67. The third-order valence-electron chi connectivity index (χ3n) is 3.68. The van der Waals surface area contributed by atoms with E-state index in [1.807, 2.05) is 0 Å². The van der Waals surface area contributed by atoms with Crippen molar-refractivity contribution in [2.45, 2.75) is 12.5 Å². The molecule has 0 aromatic heterocycles. The normalized spacial score (nSPS) is 12.9. The monoisotopic (exact) mass is 250 g/mol. The van der Waals surface area contributed by atoms with Crippen LogP contribution in [0.5, 0.6) is 0 Å². The predicted molar refractivity (Wildman–Crippen MR) is 82.1 cm³/mol. The van der Waals surface area contributed by atoms with Crippen LogP contribution >= 0.6 is 0 Å². The number of fused-ring (bicyclic) bond motifs is 3. The number of hydrogen-bond donors (Lipinski definition) is 2. The zero-order chi connectivity index (χ0) is 13.2. The second-order valence-corrected chi connectivity index (χ2v) is 4.92. The first-order chi connectivity index (χ1) is 9.31. The number of rotatable bonds is 3. The minimum atomic E-state index is -0.000457. The molecule has 2 nitrogen and oxygen atoms in total. The van der Waals surface area contributed by atoms with E-state index >= 15 is 0 Å². The minimum absolute atomic E-state index is 0.000457. The number of hydrogen-bond acceptors (Lipinski definition) is 2. The van der Waals surface area contributed by atoms with Crippen LogP contribution in [0.25, 0.3) is 21.5 Å². The second-order valence-electron chi connectivity index (χ2n) is 4.92. The van der Waals surface area contributed by atoms with Crippen molar-refractivity contribution in [3.05, 3.63) is 60.2 Å². The van der Waals surface area contributed by atoms with Gasteiger partial charge in [-0.3, -0.25) is 0 Å². The van der Waals surface area contributed by atoms with Gasteiger partial charge in [0.05, 0.1) is 0 Å². The average Bonchev–Trinajstić information content (AvgIpc) is 2.46. The molecule has 1 atom stereocenters. The highest BCUT2D eigenvalue weighted by molar-refractivity contribution is 6.09. The van der Waals surface area contributed by atoms with Crippen molar-refractivity contribution in [3.63, 3.8) is 0 Å². The summed E-state index contributed by atoms with van der Waals surface area (Å²) in [5.74, 6) is 0. The second kappa shape index (κ2) is 5.00. The largest absolute Gasteiger partial charge is 0.330 e. The van der Waals surface area contributed by atoms with E-state index in [0.29, 0.717) is 6.54 Å². The lowest BCUT2D eigenvalue weighted by Gasteiger charge is -2.16. The third-order valence-corrected chi connectivity index (χ3v) is 3.68. The van der Waals surface area contributed by atoms with Gasteiger partial charge in [0, 0.05) is 6.04 Å². The van der Waals surface area contributed by atoms with Gasteiger partial charge in [0.25, 0.3) is 0 Å². The van der Waals surface area contributed by atoms with E-state index < -0.39 is 0 Å². The molecule has 0 aliphatic rings. The van der Waals surface area contributed by atoms with Crippen LogP contribution < -0.4 is 11.5 Å². The highest BCUT2D eigenvalue weighted by Crippen LogP contribution is 2.31. The SMILES string of the molecule is NCC[C@@H](N)c1cc2ccccc2c2ccccc12. The number of benzene rings is 3. The van der Waals surface area contributed by atoms with Crippen LogP contribution in [0.3, 0.4) is 0 Å². The van der Waals surface area contributed by atoms with Crippen molar-refractivity contribution in [2.24, 2.45) is 11.5 Å². The smallest absolute Gasteiger partial charge is 0.0313 e. The Kier molecular flexibility index (Phi) is 3.20. The lowest BCUT2D eigenvalue weighted by molar-refractivity contribution is 0.666. The van der Waals surface area contributed by atoms with Crippen LogP contribution in [0, 0.1) is 0 Å².